The zero-order valence-corrected chi connectivity index (χ0v) is 22.5. The van der Waals surface area contributed by atoms with Crippen molar-refractivity contribution in [1.82, 2.24) is 10.2 Å². The van der Waals surface area contributed by atoms with Crippen molar-refractivity contribution in [2.24, 2.45) is 0 Å². The zero-order chi connectivity index (χ0) is 27.0. The van der Waals surface area contributed by atoms with Crippen molar-refractivity contribution >= 4 is 27.5 Å². The number of rotatable bonds is 12. The van der Waals surface area contributed by atoms with Gasteiger partial charge in [0.05, 0.1) is 19.1 Å². The number of anilines is 1. The second-order valence-corrected chi connectivity index (χ2v) is 10.7. The quantitative estimate of drug-likeness (QED) is 0.417. The molecule has 1 N–H and O–H groups in total. The first-order chi connectivity index (χ1) is 17.6. The molecule has 1 aliphatic rings. The standard InChI is InChI=1S/C26H35N3O7S/c1-5-6-13-27-26(31)19(2)28(17-20-7-10-22(34-3)11-8-20)25(30)18-29(37(4,32)33)21-9-12-23-24(16-21)36-15-14-35-23/h7-12,16,19H,5-6,13-15,17-18H2,1-4H3,(H,27,31)/t19-/m0/s1. The van der Waals surface area contributed by atoms with E-state index in [0.29, 0.717) is 37.0 Å². The Balaban J connectivity index is 1.88. The van der Waals surface area contributed by atoms with Gasteiger partial charge in [-0.25, -0.2) is 8.42 Å². The number of benzene rings is 2. The lowest BCUT2D eigenvalue weighted by molar-refractivity contribution is -0.139. The number of amides is 2. The molecular weight excluding hydrogens is 498 g/mol. The molecule has 11 heteroatoms. The summed E-state index contributed by atoms with van der Waals surface area (Å²) in [5.41, 5.74) is 1.04. The van der Waals surface area contributed by atoms with Crippen LogP contribution in [-0.4, -0.2) is 70.8 Å². The van der Waals surface area contributed by atoms with E-state index in [0.717, 1.165) is 29.0 Å². The minimum Gasteiger partial charge on any atom is -0.497 e. The predicted molar refractivity (Wildman–Crippen MR) is 141 cm³/mol. The molecule has 0 aliphatic carbocycles. The van der Waals surface area contributed by atoms with E-state index in [1.165, 1.54) is 11.0 Å². The van der Waals surface area contributed by atoms with Crippen molar-refractivity contribution in [3.63, 3.8) is 0 Å². The van der Waals surface area contributed by atoms with Crippen molar-refractivity contribution in [3.05, 3.63) is 48.0 Å². The molecule has 2 aromatic carbocycles. The van der Waals surface area contributed by atoms with Gasteiger partial charge in [-0.15, -0.1) is 0 Å². The van der Waals surface area contributed by atoms with Crippen LogP contribution in [0.3, 0.4) is 0 Å². The van der Waals surface area contributed by atoms with Gasteiger partial charge in [-0.1, -0.05) is 25.5 Å². The lowest BCUT2D eigenvalue weighted by Gasteiger charge is -2.31. The number of carbonyl (C=O) groups is 2. The fourth-order valence-corrected chi connectivity index (χ4v) is 4.69. The number of sulfonamides is 1. The molecule has 0 unspecified atom stereocenters. The van der Waals surface area contributed by atoms with E-state index in [1.807, 2.05) is 6.92 Å². The molecule has 202 valence electrons. The van der Waals surface area contributed by atoms with E-state index >= 15 is 0 Å². The summed E-state index contributed by atoms with van der Waals surface area (Å²) in [4.78, 5) is 27.9. The van der Waals surface area contributed by atoms with E-state index in [9.17, 15) is 18.0 Å². The summed E-state index contributed by atoms with van der Waals surface area (Å²) in [5.74, 6) is 0.751. The molecule has 0 fully saturated rings. The maximum absolute atomic E-state index is 13.6. The monoisotopic (exact) mass is 533 g/mol. The normalized spacial score (nSPS) is 13.4. The Labute approximate surface area is 218 Å². The number of unbranched alkanes of at least 4 members (excludes halogenated alkanes) is 1. The van der Waals surface area contributed by atoms with Crippen LogP contribution in [0.4, 0.5) is 5.69 Å². The van der Waals surface area contributed by atoms with Crippen LogP contribution in [0.1, 0.15) is 32.3 Å². The van der Waals surface area contributed by atoms with Crippen LogP contribution in [0.5, 0.6) is 17.2 Å². The van der Waals surface area contributed by atoms with Gasteiger partial charge < -0.3 is 24.4 Å². The van der Waals surface area contributed by atoms with E-state index < -0.39 is 28.5 Å². The van der Waals surface area contributed by atoms with E-state index in [4.69, 9.17) is 14.2 Å². The first kappa shape index (κ1) is 28.1. The molecule has 2 amide bonds. The highest BCUT2D eigenvalue weighted by molar-refractivity contribution is 7.92. The van der Waals surface area contributed by atoms with Gasteiger partial charge >= 0.3 is 0 Å². The van der Waals surface area contributed by atoms with Gasteiger partial charge in [0, 0.05) is 19.2 Å². The number of fused-ring (bicyclic) bond motifs is 1. The van der Waals surface area contributed by atoms with Crippen LogP contribution in [0.2, 0.25) is 0 Å². The van der Waals surface area contributed by atoms with Gasteiger partial charge in [0.25, 0.3) is 0 Å². The lowest BCUT2D eigenvalue weighted by Crippen LogP contribution is -2.51. The van der Waals surface area contributed by atoms with Crippen LogP contribution in [0, 0.1) is 0 Å². The number of nitrogens with zero attached hydrogens (tertiary/aromatic N) is 2. The third-order valence-corrected chi connectivity index (χ3v) is 7.14. The third kappa shape index (κ3) is 7.51. The van der Waals surface area contributed by atoms with Crippen molar-refractivity contribution < 1.29 is 32.2 Å². The molecule has 0 spiro atoms. The second kappa shape index (κ2) is 12.7. The van der Waals surface area contributed by atoms with E-state index in [1.54, 1.807) is 50.4 Å². The summed E-state index contributed by atoms with van der Waals surface area (Å²) in [6.45, 7) is 4.53. The van der Waals surface area contributed by atoms with Crippen molar-refractivity contribution in [1.29, 1.82) is 0 Å². The molecule has 0 saturated heterocycles. The first-order valence-corrected chi connectivity index (χ1v) is 14.1. The molecule has 0 radical (unpaired) electrons. The van der Waals surface area contributed by atoms with Gasteiger partial charge in [-0.3, -0.25) is 13.9 Å². The van der Waals surface area contributed by atoms with E-state index in [-0.39, 0.29) is 18.1 Å². The Kier molecular flexibility index (Phi) is 9.62. The van der Waals surface area contributed by atoms with Crippen molar-refractivity contribution in [2.45, 2.75) is 39.3 Å². The van der Waals surface area contributed by atoms with Gasteiger partial charge in [-0.05, 0) is 43.2 Å². The number of methoxy groups -OCH3 is 1. The number of nitrogens with one attached hydrogen (secondary N) is 1. The maximum atomic E-state index is 13.6. The fourth-order valence-electron chi connectivity index (χ4n) is 3.85. The Bertz CT molecular complexity index is 1190. The third-order valence-electron chi connectivity index (χ3n) is 6.00. The van der Waals surface area contributed by atoms with Crippen LogP contribution < -0.4 is 23.8 Å². The molecule has 37 heavy (non-hydrogen) atoms. The molecule has 1 aliphatic heterocycles. The average Bonchev–Trinajstić information content (AvgIpc) is 2.89. The zero-order valence-electron chi connectivity index (χ0n) is 21.7. The Morgan fingerprint density at radius 2 is 1.76 bits per heavy atom. The highest BCUT2D eigenvalue weighted by Gasteiger charge is 2.30. The highest BCUT2D eigenvalue weighted by atomic mass is 32.2. The summed E-state index contributed by atoms with van der Waals surface area (Å²) in [5, 5.41) is 2.86. The molecule has 0 saturated carbocycles. The number of ether oxygens (including phenoxy) is 3. The van der Waals surface area contributed by atoms with Crippen LogP contribution in [0.25, 0.3) is 0 Å². The van der Waals surface area contributed by atoms with Crippen LogP contribution in [-0.2, 0) is 26.2 Å². The predicted octanol–water partition coefficient (Wildman–Crippen LogP) is 2.57. The minimum absolute atomic E-state index is 0.115. The van der Waals surface area contributed by atoms with Crippen LogP contribution in [0.15, 0.2) is 42.5 Å². The number of hydrogen-bond donors (Lipinski definition) is 1. The average molecular weight is 534 g/mol. The summed E-state index contributed by atoms with van der Waals surface area (Å²) in [6.07, 6.45) is 2.77. The van der Waals surface area contributed by atoms with Crippen molar-refractivity contribution in [3.8, 4) is 17.2 Å². The maximum Gasteiger partial charge on any atom is 0.244 e. The topological polar surface area (TPSA) is 114 Å². The van der Waals surface area contributed by atoms with Gasteiger partial charge in [-0.2, -0.15) is 0 Å². The number of hydrogen-bond acceptors (Lipinski definition) is 7. The van der Waals surface area contributed by atoms with Crippen molar-refractivity contribution in [2.75, 3.05) is 44.0 Å². The second-order valence-electron chi connectivity index (χ2n) is 8.79. The molecule has 1 heterocycles. The summed E-state index contributed by atoms with van der Waals surface area (Å²) in [7, 11) is -2.29. The Morgan fingerprint density at radius 3 is 2.38 bits per heavy atom. The molecule has 0 bridgehead atoms. The molecular formula is C26H35N3O7S. The molecule has 2 aromatic rings. The fraction of sp³-hybridized carbons (Fsp3) is 0.462. The summed E-state index contributed by atoms with van der Waals surface area (Å²) in [6, 6.07) is 11.0. The largest absolute Gasteiger partial charge is 0.497 e. The van der Waals surface area contributed by atoms with Gasteiger partial charge in [0.15, 0.2) is 11.5 Å². The summed E-state index contributed by atoms with van der Waals surface area (Å²) >= 11 is 0. The molecule has 10 nitrogen and oxygen atoms in total. The highest BCUT2D eigenvalue weighted by Crippen LogP contribution is 2.34. The van der Waals surface area contributed by atoms with Gasteiger partial charge in [0.1, 0.15) is 31.5 Å². The van der Waals surface area contributed by atoms with Gasteiger partial charge in [0.2, 0.25) is 21.8 Å². The summed E-state index contributed by atoms with van der Waals surface area (Å²) < 4.78 is 42.8. The SMILES string of the molecule is CCCCNC(=O)[C@H](C)N(Cc1ccc(OC)cc1)C(=O)CN(c1ccc2c(c1)OCCO2)S(C)(=O)=O. The number of carbonyl (C=O) groups excluding carboxylic acids is 2. The lowest BCUT2D eigenvalue weighted by atomic mass is 10.1. The molecule has 0 aromatic heterocycles. The van der Waals surface area contributed by atoms with Crippen LogP contribution >= 0.6 is 0 Å². The molecule has 3 rings (SSSR count). The minimum atomic E-state index is -3.85. The van der Waals surface area contributed by atoms with E-state index in [2.05, 4.69) is 5.32 Å². The smallest absolute Gasteiger partial charge is 0.244 e. The Morgan fingerprint density at radius 1 is 1.08 bits per heavy atom. The Hall–Kier alpha value is -3.47. The molecule has 1 atom stereocenters. The first-order valence-electron chi connectivity index (χ1n) is 12.2.